The topological polar surface area (TPSA) is 20.2 Å². The lowest BCUT2D eigenvalue weighted by Crippen LogP contribution is -2.26. The average molecular weight is 283 g/mol. The van der Waals surface area contributed by atoms with Gasteiger partial charge in [0.05, 0.1) is 5.69 Å². The summed E-state index contributed by atoms with van der Waals surface area (Å²) in [5.74, 6) is 6.19. The van der Waals surface area contributed by atoms with E-state index in [1.807, 2.05) is 6.92 Å². The van der Waals surface area contributed by atoms with Gasteiger partial charge in [-0.15, -0.1) is 0 Å². The fraction of sp³-hybridized carbons (Fsp3) is 0.444. The zero-order chi connectivity index (χ0) is 15.2. The largest absolute Gasteiger partial charge is 0.334 e. The molecule has 3 heteroatoms. The van der Waals surface area contributed by atoms with E-state index in [1.165, 1.54) is 16.5 Å². The Kier molecular flexibility index (Phi) is 5.44. The second-order valence-electron chi connectivity index (χ2n) is 5.52. The maximum absolute atomic E-state index is 3.48. The Balaban J connectivity index is 2.15. The van der Waals surface area contributed by atoms with Crippen LogP contribution in [-0.2, 0) is 13.1 Å². The molecule has 0 aliphatic carbocycles. The van der Waals surface area contributed by atoms with E-state index in [1.54, 1.807) is 0 Å². The van der Waals surface area contributed by atoms with E-state index in [9.17, 15) is 0 Å². The van der Waals surface area contributed by atoms with Crippen molar-refractivity contribution in [3.8, 4) is 11.8 Å². The number of benzene rings is 1. The molecule has 0 radical (unpaired) electrons. The predicted molar refractivity (Wildman–Crippen MR) is 90.4 cm³/mol. The number of fused-ring (bicyclic) bond motifs is 1. The van der Waals surface area contributed by atoms with E-state index in [0.717, 1.165) is 31.9 Å². The van der Waals surface area contributed by atoms with Gasteiger partial charge >= 0.3 is 0 Å². The maximum atomic E-state index is 3.48. The smallest absolute Gasteiger partial charge is 0.0930 e. The highest BCUT2D eigenvalue weighted by molar-refractivity contribution is 5.83. The molecule has 1 aromatic carbocycles. The first-order valence-corrected chi connectivity index (χ1v) is 7.56. The van der Waals surface area contributed by atoms with E-state index in [2.05, 4.69) is 71.9 Å². The van der Waals surface area contributed by atoms with E-state index >= 15 is 0 Å². The van der Waals surface area contributed by atoms with Crippen molar-refractivity contribution in [3.05, 3.63) is 35.5 Å². The van der Waals surface area contributed by atoms with Gasteiger partial charge < -0.3 is 14.8 Å². The average Bonchev–Trinajstić information content (AvgIpc) is 2.80. The number of hydrogen-bond donors (Lipinski definition) is 1. The number of aryl methyl sites for hydroxylation is 1. The minimum Gasteiger partial charge on any atom is -0.334 e. The van der Waals surface area contributed by atoms with Crippen LogP contribution in [-0.4, -0.2) is 36.7 Å². The Morgan fingerprint density at radius 2 is 2.05 bits per heavy atom. The van der Waals surface area contributed by atoms with Crippen LogP contribution in [0.5, 0.6) is 0 Å². The fourth-order valence-corrected chi connectivity index (χ4v) is 2.54. The van der Waals surface area contributed by atoms with Crippen molar-refractivity contribution in [2.24, 2.45) is 0 Å². The quantitative estimate of drug-likeness (QED) is 0.650. The molecule has 21 heavy (non-hydrogen) atoms. The number of nitrogens with zero attached hydrogens (tertiary/aromatic N) is 2. The first kappa shape index (κ1) is 15.6. The molecule has 1 N–H and O–H groups in total. The van der Waals surface area contributed by atoms with Gasteiger partial charge in [0.25, 0.3) is 0 Å². The molecule has 3 nitrogen and oxygen atoms in total. The van der Waals surface area contributed by atoms with Crippen LogP contribution in [0.3, 0.4) is 0 Å². The van der Waals surface area contributed by atoms with E-state index < -0.39 is 0 Å². The van der Waals surface area contributed by atoms with E-state index in [-0.39, 0.29) is 0 Å². The van der Waals surface area contributed by atoms with Crippen molar-refractivity contribution in [3.63, 3.8) is 0 Å². The van der Waals surface area contributed by atoms with Gasteiger partial charge in [0.15, 0.2) is 0 Å². The van der Waals surface area contributed by atoms with Gasteiger partial charge in [-0.25, -0.2) is 0 Å². The summed E-state index contributed by atoms with van der Waals surface area (Å²) in [4.78, 5) is 2.19. The van der Waals surface area contributed by atoms with Gasteiger partial charge in [-0.2, -0.15) is 0 Å². The van der Waals surface area contributed by atoms with Gasteiger partial charge in [-0.3, -0.25) is 0 Å². The first-order valence-electron chi connectivity index (χ1n) is 7.56. The molecular formula is C18H25N3. The molecule has 0 saturated heterocycles. The Hall–Kier alpha value is -1.76. The standard InChI is InChI=1S/C18H25N3/c1-5-7-17-13-16-12-15(14-19-10-11-20(3)4)8-9-18(16)21(17)6-2/h8-9,12-13,19H,6,10-11,14H2,1-4H3. The lowest BCUT2D eigenvalue weighted by atomic mass is 10.1. The number of rotatable bonds is 6. The molecule has 0 aliphatic rings. The van der Waals surface area contributed by atoms with Gasteiger partial charge in [0.2, 0.25) is 0 Å². The van der Waals surface area contributed by atoms with Crippen LogP contribution in [0.2, 0.25) is 0 Å². The summed E-state index contributed by atoms with van der Waals surface area (Å²) < 4.78 is 2.27. The summed E-state index contributed by atoms with van der Waals surface area (Å²) in [6, 6.07) is 8.88. The van der Waals surface area contributed by atoms with E-state index in [0.29, 0.717) is 0 Å². The lowest BCUT2D eigenvalue weighted by molar-refractivity contribution is 0.400. The Bertz CT molecular complexity index is 656. The zero-order valence-electron chi connectivity index (χ0n) is 13.5. The van der Waals surface area contributed by atoms with Gasteiger partial charge in [0, 0.05) is 37.1 Å². The minimum atomic E-state index is 0.913. The third-order valence-electron chi connectivity index (χ3n) is 3.60. The second kappa shape index (κ2) is 7.31. The number of likely N-dealkylation sites (N-methyl/N-ethyl adjacent to an activating group) is 1. The Morgan fingerprint density at radius 1 is 1.24 bits per heavy atom. The molecule has 0 amide bonds. The van der Waals surface area contributed by atoms with Crippen molar-refractivity contribution in [2.45, 2.75) is 26.9 Å². The van der Waals surface area contributed by atoms with Crippen LogP contribution in [0.4, 0.5) is 0 Å². The van der Waals surface area contributed by atoms with Crippen molar-refractivity contribution in [1.29, 1.82) is 0 Å². The fourth-order valence-electron chi connectivity index (χ4n) is 2.54. The summed E-state index contributed by atoms with van der Waals surface area (Å²) in [7, 11) is 4.19. The molecule has 1 heterocycles. The van der Waals surface area contributed by atoms with Crippen LogP contribution >= 0.6 is 0 Å². The SMILES string of the molecule is CC#Cc1cc2cc(CNCCN(C)C)ccc2n1CC. The molecule has 0 bridgehead atoms. The highest BCUT2D eigenvalue weighted by Crippen LogP contribution is 2.21. The molecule has 0 unspecified atom stereocenters. The predicted octanol–water partition coefficient (Wildman–Crippen LogP) is 2.68. The molecule has 0 atom stereocenters. The van der Waals surface area contributed by atoms with Crippen molar-refractivity contribution in [2.75, 3.05) is 27.2 Å². The lowest BCUT2D eigenvalue weighted by Gasteiger charge is -2.10. The molecule has 0 saturated carbocycles. The molecule has 2 aromatic rings. The van der Waals surface area contributed by atoms with Gasteiger partial charge in [-0.05, 0) is 57.6 Å². The minimum absolute atomic E-state index is 0.913. The van der Waals surface area contributed by atoms with Crippen LogP contribution in [0.1, 0.15) is 25.1 Å². The highest BCUT2D eigenvalue weighted by Gasteiger charge is 2.06. The first-order chi connectivity index (χ1) is 10.2. The third kappa shape index (κ3) is 3.87. The molecule has 2 rings (SSSR count). The number of hydrogen-bond acceptors (Lipinski definition) is 2. The molecule has 0 fully saturated rings. The highest BCUT2D eigenvalue weighted by atomic mass is 15.1. The van der Waals surface area contributed by atoms with Crippen LogP contribution in [0, 0.1) is 11.8 Å². The second-order valence-corrected chi connectivity index (χ2v) is 5.52. The third-order valence-corrected chi connectivity index (χ3v) is 3.60. The summed E-state index contributed by atoms with van der Waals surface area (Å²) in [6.45, 7) is 7.98. The van der Waals surface area contributed by atoms with Crippen molar-refractivity contribution >= 4 is 10.9 Å². The van der Waals surface area contributed by atoms with Crippen molar-refractivity contribution < 1.29 is 0 Å². The molecule has 112 valence electrons. The van der Waals surface area contributed by atoms with Crippen LogP contribution in [0.25, 0.3) is 10.9 Å². The van der Waals surface area contributed by atoms with Crippen LogP contribution < -0.4 is 5.32 Å². The zero-order valence-corrected chi connectivity index (χ0v) is 13.5. The van der Waals surface area contributed by atoms with Gasteiger partial charge in [-0.1, -0.05) is 12.0 Å². The molecule has 0 spiro atoms. The summed E-state index contributed by atoms with van der Waals surface area (Å²) in [6.07, 6.45) is 0. The maximum Gasteiger partial charge on any atom is 0.0930 e. The number of nitrogens with one attached hydrogen (secondary N) is 1. The normalized spacial score (nSPS) is 10.9. The van der Waals surface area contributed by atoms with Crippen molar-refractivity contribution in [1.82, 2.24) is 14.8 Å². The van der Waals surface area contributed by atoms with Gasteiger partial charge in [0.1, 0.15) is 0 Å². The molecule has 0 aliphatic heterocycles. The van der Waals surface area contributed by atoms with E-state index in [4.69, 9.17) is 0 Å². The number of aromatic nitrogens is 1. The van der Waals surface area contributed by atoms with Crippen LogP contribution in [0.15, 0.2) is 24.3 Å². The monoisotopic (exact) mass is 283 g/mol. The summed E-state index contributed by atoms with van der Waals surface area (Å²) in [5.41, 5.74) is 3.70. The Labute approximate surface area is 127 Å². The molecular weight excluding hydrogens is 258 g/mol. The molecule has 1 aromatic heterocycles. The Morgan fingerprint density at radius 3 is 2.71 bits per heavy atom. The summed E-state index contributed by atoms with van der Waals surface area (Å²) in [5, 5.41) is 4.76. The summed E-state index contributed by atoms with van der Waals surface area (Å²) >= 11 is 0.